The van der Waals surface area contributed by atoms with Crippen molar-refractivity contribution in [3.8, 4) is 0 Å². The molecule has 1 heteroatoms. The molecule has 2 unspecified atom stereocenters. The molecule has 0 N–H and O–H groups in total. The van der Waals surface area contributed by atoms with Crippen molar-refractivity contribution >= 4 is 0 Å². The number of hydrogen-bond acceptors (Lipinski definition) is 0. The van der Waals surface area contributed by atoms with Crippen LogP contribution >= 0.6 is 0 Å². The molecule has 0 saturated carbocycles. The normalized spacial score (nSPS) is 31.7. The summed E-state index contributed by atoms with van der Waals surface area (Å²) in [7, 11) is 0. The van der Waals surface area contributed by atoms with Crippen molar-refractivity contribution in [1.82, 2.24) is 0 Å². The molecule has 0 heterocycles. The molecule has 0 aromatic rings. The van der Waals surface area contributed by atoms with Gasteiger partial charge in [-0.25, -0.2) is 0 Å². The van der Waals surface area contributed by atoms with Gasteiger partial charge in [-0.3, -0.25) is 0 Å². The standard InChI is InChI=1S/2C10H15.Hf/c2*1-4-9-6-8(3)10(5-2)7-9;/h2*6-7H,4-5H2,1-3H3;. The number of rotatable bonds is 6. The van der Waals surface area contributed by atoms with Gasteiger partial charge < -0.3 is 0 Å². The summed E-state index contributed by atoms with van der Waals surface area (Å²) < 4.78 is 0.867. The molecule has 0 aliphatic heterocycles. The van der Waals surface area contributed by atoms with E-state index in [0.29, 0.717) is 6.34 Å². The Kier molecular flexibility index (Phi) is 5.34. The van der Waals surface area contributed by atoms with Crippen LogP contribution in [0.1, 0.15) is 67.2 Å². The fourth-order valence-corrected chi connectivity index (χ4v) is 12.5. The van der Waals surface area contributed by atoms with Gasteiger partial charge in [0, 0.05) is 0 Å². The van der Waals surface area contributed by atoms with Crippen LogP contribution in [0.15, 0.2) is 46.6 Å². The van der Waals surface area contributed by atoms with Crippen LogP contribution in [-0.4, -0.2) is 0 Å². The van der Waals surface area contributed by atoms with Crippen LogP contribution in [0, 0.1) is 0 Å². The van der Waals surface area contributed by atoms with Crippen LogP contribution in [0.5, 0.6) is 0 Å². The van der Waals surface area contributed by atoms with Gasteiger partial charge in [-0.05, 0) is 0 Å². The first kappa shape index (κ1) is 17.2. The van der Waals surface area contributed by atoms with Crippen LogP contribution in [0.25, 0.3) is 0 Å². The van der Waals surface area contributed by atoms with Gasteiger partial charge in [0.05, 0.1) is 0 Å². The Hall–Kier alpha value is -0.170. The van der Waals surface area contributed by atoms with E-state index in [1.54, 1.807) is 22.3 Å². The third-order valence-corrected chi connectivity index (χ3v) is 12.2. The van der Waals surface area contributed by atoms with Gasteiger partial charge in [-0.1, -0.05) is 0 Å². The van der Waals surface area contributed by atoms with Crippen molar-refractivity contribution < 1.29 is 22.9 Å². The fourth-order valence-electron chi connectivity index (χ4n) is 3.88. The van der Waals surface area contributed by atoms with Crippen LogP contribution in [0.2, 0.25) is 6.34 Å². The zero-order valence-electron chi connectivity index (χ0n) is 14.6. The molecule has 114 valence electrons. The van der Waals surface area contributed by atoms with E-state index in [4.69, 9.17) is 0 Å². The Morgan fingerprint density at radius 2 is 1.10 bits per heavy atom. The molecule has 0 aromatic heterocycles. The molecule has 0 spiro atoms. The van der Waals surface area contributed by atoms with Gasteiger partial charge >= 0.3 is 143 Å². The van der Waals surface area contributed by atoms with Gasteiger partial charge in [0.1, 0.15) is 0 Å². The summed E-state index contributed by atoms with van der Waals surface area (Å²) in [6.45, 7) is 14.3. The summed E-state index contributed by atoms with van der Waals surface area (Å²) in [6, 6.07) is 0. The molecule has 0 saturated heterocycles. The zero-order chi connectivity index (χ0) is 15.7. The van der Waals surface area contributed by atoms with Crippen molar-refractivity contribution in [3.05, 3.63) is 46.6 Å². The summed E-state index contributed by atoms with van der Waals surface area (Å²) in [5.74, 6) is 0. The molecule has 2 atom stereocenters. The topological polar surface area (TPSA) is 0 Å². The Labute approximate surface area is 142 Å². The average Bonchev–Trinajstić information content (AvgIpc) is 2.95. The van der Waals surface area contributed by atoms with Gasteiger partial charge in [-0.15, -0.1) is 0 Å². The molecule has 2 aliphatic carbocycles. The predicted octanol–water partition coefficient (Wildman–Crippen LogP) is 6.80. The summed E-state index contributed by atoms with van der Waals surface area (Å²) in [6.07, 6.45) is 15.1. The van der Waals surface area contributed by atoms with Crippen molar-refractivity contribution in [3.63, 3.8) is 0 Å². The molecule has 0 bridgehead atoms. The van der Waals surface area contributed by atoms with E-state index in [9.17, 15) is 0 Å². The van der Waals surface area contributed by atoms with Crippen molar-refractivity contribution in [2.75, 3.05) is 0 Å². The van der Waals surface area contributed by atoms with E-state index >= 15 is 0 Å². The summed E-state index contributed by atoms with van der Waals surface area (Å²) >= 11 is -0.930. The monoisotopic (exact) mass is 450 g/mol. The van der Waals surface area contributed by atoms with Crippen molar-refractivity contribution in [2.45, 2.75) is 73.6 Å². The van der Waals surface area contributed by atoms with E-state index in [1.807, 2.05) is 0 Å². The third-order valence-electron chi connectivity index (χ3n) is 5.10. The molecule has 0 amide bonds. The van der Waals surface area contributed by atoms with Crippen LogP contribution < -0.4 is 0 Å². The minimum atomic E-state index is -0.930. The fraction of sp³-hybridized carbons (Fsp3) is 0.600. The Bertz CT molecular complexity index is 484. The SMILES string of the molecule is CCC1=C[C](C)([Hf][C]2(C)C=C(CC)C=C2CC)C(CC)=C1. The Morgan fingerprint density at radius 3 is 1.38 bits per heavy atom. The molecule has 0 fully saturated rings. The third kappa shape index (κ3) is 3.28. The van der Waals surface area contributed by atoms with Gasteiger partial charge in [0.25, 0.3) is 0 Å². The molecular formula is C20H30Hf. The first-order valence-corrected chi connectivity index (χ1v) is 12.1. The average molecular weight is 449 g/mol. The maximum atomic E-state index is 2.63. The molecular weight excluding hydrogens is 419 g/mol. The summed E-state index contributed by atoms with van der Waals surface area (Å²) in [4.78, 5) is 0. The first-order chi connectivity index (χ1) is 9.90. The van der Waals surface area contributed by atoms with Gasteiger partial charge in [0.15, 0.2) is 0 Å². The Balaban J connectivity index is 2.32. The van der Waals surface area contributed by atoms with E-state index in [2.05, 4.69) is 65.8 Å². The van der Waals surface area contributed by atoms with Crippen molar-refractivity contribution in [2.24, 2.45) is 0 Å². The van der Waals surface area contributed by atoms with Crippen LogP contribution in [0.3, 0.4) is 0 Å². The zero-order valence-corrected chi connectivity index (χ0v) is 18.2. The number of allylic oxidation sites excluding steroid dienone is 8. The van der Waals surface area contributed by atoms with Gasteiger partial charge in [0.2, 0.25) is 0 Å². The van der Waals surface area contributed by atoms with Crippen molar-refractivity contribution in [1.29, 1.82) is 0 Å². The van der Waals surface area contributed by atoms with E-state index in [1.165, 1.54) is 25.7 Å². The quantitative estimate of drug-likeness (QED) is 0.392. The predicted molar refractivity (Wildman–Crippen MR) is 90.2 cm³/mol. The summed E-state index contributed by atoms with van der Waals surface area (Å²) in [5.41, 5.74) is 6.56. The Morgan fingerprint density at radius 1 is 0.714 bits per heavy atom. The van der Waals surface area contributed by atoms with E-state index < -0.39 is 22.9 Å². The molecule has 0 nitrogen and oxygen atoms in total. The van der Waals surface area contributed by atoms with Gasteiger partial charge in [-0.2, -0.15) is 0 Å². The maximum absolute atomic E-state index is 2.63. The minimum absolute atomic E-state index is 0.433. The molecule has 21 heavy (non-hydrogen) atoms. The van der Waals surface area contributed by atoms with E-state index in [-0.39, 0.29) is 0 Å². The second-order valence-electron chi connectivity index (χ2n) is 6.72. The molecule has 0 aromatic carbocycles. The second kappa shape index (κ2) is 6.52. The molecule has 2 rings (SSSR count). The molecule has 2 aliphatic rings. The van der Waals surface area contributed by atoms with Crippen LogP contribution in [-0.2, 0) is 22.9 Å². The first-order valence-electron chi connectivity index (χ1n) is 8.55. The van der Waals surface area contributed by atoms with Crippen LogP contribution in [0.4, 0.5) is 0 Å². The second-order valence-corrected chi connectivity index (χ2v) is 15.1. The number of hydrogen-bond donors (Lipinski definition) is 0. The molecule has 0 radical (unpaired) electrons. The summed E-state index contributed by atoms with van der Waals surface area (Å²) in [5, 5.41) is 0. The van der Waals surface area contributed by atoms with E-state index in [0.717, 1.165) is 0 Å².